The van der Waals surface area contributed by atoms with E-state index in [9.17, 15) is 14.4 Å². The van der Waals surface area contributed by atoms with Gasteiger partial charge in [0.2, 0.25) is 5.91 Å². The van der Waals surface area contributed by atoms with Gasteiger partial charge in [-0.25, -0.2) is 4.79 Å². The smallest absolute Gasteiger partial charge is 0.325 e. The Morgan fingerprint density at radius 2 is 1.85 bits per heavy atom. The summed E-state index contributed by atoms with van der Waals surface area (Å²) in [5.74, 6) is -0.897. The van der Waals surface area contributed by atoms with Crippen LogP contribution in [-0.2, 0) is 21.7 Å². The molecule has 8 heteroatoms. The van der Waals surface area contributed by atoms with Crippen LogP contribution in [0.3, 0.4) is 0 Å². The quantitative estimate of drug-likeness (QED) is 0.687. The monoisotopic (exact) mass is 449 g/mol. The van der Waals surface area contributed by atoms with Gasteiger partial charge < -0.3 is 10.6 Å². The van der Waals surface area contributed by atoms with Gasteiger partial charge in [0.25, 0.3) is 5.91 Å². The molecule has 0 bridgehead atoms. The number of amides is 4. The van der Waals surface area contributed by atoms with Crippen molar-refractivity contribution in [3.8, 4) is 0 Å². The molecule has 4 amide bonds. The van der Waals surface area contributed by atoms with Gasteiger partial charge >= 0.3 is 6.03 Å². The fraction of sp³-hybridized carbons (Fsp3) is 0.211. The first-order chi connectivity index (χ1) is 12.8. The highest BCUT2D eigenvalue weighted by atomic mass is 79.9. The summed E-state index contributed by atoms with van der Waals surface area (Å²) < 4.78 is 0.704. The van der Waals surface area contributed by atoms with E-state index in [1.807, 2.05) is 6.07 Å². The first kappa shape index (κ1) is 19.4. The summed E-state index contributed by atoms with van der Waals surface area (Å²) in [7, 11) is 0. The van der Waals surface area contributed by atoms with Gasteiger partial charge in [-0.1, -0.05) is 57.9 Å². The largest absolute Gasteiger partial charge is 0.350 e. The predicted octanol–water partition coefficient (Wildman–Crippen LogP) is 3.19. The fourth-order valence-corrected chi connectivity index (χ4v) is 3.70. The third-order valence-corrected chi connectivity index (χ3v) is 5.34. The Labute approximate surface area is 170 Å². The maximum absolute atomic E-state index is 12.9. The molecule has 0 radical (unpaired) electrons. The molecule has 1 saturated heterocycles. The number of rotatable bonds is 5. The minimum atomic E-state index is -1.23. The molecule has 1 heterocycles. The highest BCUT2D eigenvalue weighted by Gasteiger charge is 2.50. The molecule has 1 aliphatic heterocycles. The Kier molecular flexibility index (Phi) is 5.53. The Morgan fingerprint density at radius 1 is 1.19 bits per heavy atom. The normalized spacial score (nSPS) is 19.1. The molecule has 0 saturated carbocycles. The van der Waals surface area contributed by atoms with E-state index in [4.69, 9.17) is 11.6 Å². The zero-order valence-electron chi connectivity index (χ0n) is 14.5. The van der Waals surface area contributed by atoms with E-state index < -0.39 is 23.4 Å². The van der Waals surface area contributed by atoms with Crippen LogP contribution in [0, 0.1) is 0 Å². The van der Waals surface area contributed by atoms with Crippen molar-refractivity contribution in [2.45, 2.75) is 19.0 Å². The number of nitrogens with zero attached hydrogens (tertiary/aromatic N) is 1. The predicted molar refractivity (Wildman–Crippen MR) is 105 cm³/mol. The Morgan fingerprint density at radius 3 is 2.52 bits per heavy atom. The number of carbonyl (C=O) groups is 3. The lowest BCUT2D eigenvalue weighted by molar-refractivity contribution is -0.134. The number of halogens is 2. The standard InChI is InChI=1S/C19H17BrClN3O3/c1-19(14-4-2-3-5-15(14)20)17(26)24(18(27)23-19)11-16(25)22-10-12-6-8-13(21)9-7-12/h2-9H,10-11H2,1H3,(H,22,25)(H,23,27). The van der Waals surface area contributed by atoms with Crippen LogP contribution in [0.25, 0.3) is 0 Å². The van der Waals surface area contributed by atoms with Crippen molar-refractivity contribution in [2.24, 2.45) is 0 Å². The first-order valence-electron chi connectivity index (χ1n) is 8.21. The first-order valence-corrected chi connectivity index (χ1v) is 9.38. The van der Waals surface area contributed by atoms with E-state index in [2.05, 4.69) is 26.6 Å². The number of hydrogen-bond acceptors (Lipinski definition) is 3. The van der Waals surface area contributed by atoms with Gasteiger partial charge in [0.15, 0.2) is 0 Å². The molecule has 140 valence electrons. The third kappa shape index (κ3) is 3.99. The molecule has 0 spiro atoms. The van der Waals surface area contributed by atoms with E-state index in [1.165, 1.54) is 0 Å². The number of carbonyl (C=O) groups excluding carboxylic acids is 3. The van der Waals surface area contributed by atoms with Gasteiger partial charge in [-0.05, 0) is 30.7 Å². The van der Waals surface area contributed by atoms with E-state index in [-0.39, 0.29) is 13.1 Å². The molecule has 1 fully saturated rings. The van der Waals surface area contributed by atoms with Crippen molar-refractivity contribution in [3.63, 3.8) is 0 Å². The summed E-state index contributed by atoms with van der Waals surface area (Å²) in [6.07, 6.45) is 0. The fourth-order valence-electron chi connectivity index (χ4n) is 2.89. The zero-order valence-corrected chi connectivity index (χ0v) is 16.8. The van der Waals surface area contributed by atoms with Crippen molar-refractivity contribution >= 4 is 45.4 Å². The zero-order chi connectivity index (χ0) is 19.6. The molecule has 2 N–H and O–H groups in total. The van der Waals surface area contributed by atoms with Crippen molar-refractivity contribution in [2.75, 3.05) is 6.54 Å². The Balaban J connectivity index is 1.67. The summed E-state index contributed by atoms with van der Waals surface area (Å²) in [5, 5.41) is 5.99. The van der Waals surface area contributed by atoms with E-state index in [0.29, 0.717) is 15.1 Å². The lowest BCUT2D eigenvalue weighted by Crippen LogP contribution is -2.43. The maximum Gasteiger partial charge on any atom is 0.325 e. The van der Waals surface area contributed by atoms with Gasteiger partial charge in [-0.2, -0.15) is 0 Å². The average Bonchev–Trinajstić information content (AvgIpc) is 2.85. The third-order valence-electron chi connectivity index (χ3n) is 4.39. The van der Waals surface area contributed by atoms with Crippen LogP contribution in [0.15, 0.2) is 53.0 Å². The van der Waals surface area contributed by atoms with Gasteiger partial charge in [-0.15, -0.1) is 0 Å². The molecular formula is C19H17BrClN3O3. The molecular weight excluding hydrogens is 434 g/mol. The SMILES string of the molecule is CC1(c2ccccc2Br)NC(=O)N(CC(=O)NCc2ccc(Cl)cc2)C1=O. The lowest BCUT2D eigenvalue weighted by Gasteiger charge is -2.23. The second-order valence-corrected chi connectivity index (χ2v) is 7.62. The topological polar surface area (TPSA) is 78.5 Å². The Hall–Kier alpha value is -2.38. The van der Waals surface area contributed by atoms with Crippen molar-refractivity contribution in [3.05, 3.63) is 69.2 Å². The van der Waals surface area contributed by atoms with Crippen LogP contribution in [-0.4, -0.2) is 29.3 Å². The van der Waals surface area contributed by atoms with Crippen LogP contribution >= 0.6 is 27.5 Å². The summed E-state index contributed by atoms with van der Waals surface area (Å²) in [6.45, 7) is 1.55. The van der Waals surface area contributed by atoms with Crippen molar-refractivity contribution in [1.82, 2.24) is 15.5 Å². The van der Waals surface area contributed by atoms with Crippen LogP contribution in [0.4, 0.5) is 4.79 Å². The summed E-state index contributed by atoms with van der Waals surface area (Å²) in [4.78, 5) is 38.3. The minimum absolute atomic E-state index is 0.279. The number of hydrogen-bond donors (Lipinski definition) is 2. The van der Waals surface area contributed by atoms with Crippen LogP contribution in [0.2, 0.25) is 5.02 Å². The average molecular weight is 451 g/mol. The molecule has 6 nitrogen and oxygen atoms in total. The Bertz CT molecular complexity index is 903. The van der Waals surface area contributed by atoms with E-state index in [1.54, 1.807) is 49.4 Å². The molecule has 2 aromatic rings. The van der Waals surface area contributed by atoms with Crippen LogP contribution < -0.4 is 10.6 Å². The van der Waals surface area contributed by atoms with Gasteiger partial charge in [0, 0.05) is 21.6 Å². The van der Waals surface area contributed by atoms with E-state index in [0.717, 1.165) is 10.5 Å². The molecule has 1 aliphatic rings. The summed E-state index contributed by atoms with van der Waals surface area (Å²) >= 11 is 9.23. The molecule has 27 heavy (non-hydrogen) atoms. The number of urea groups is 1. The van der Waals surface area contributed by atoms with Crippen molar-refractivity contribution in [1.29, 1.82) is 0 Å². The molecule has 0 aromatic heterocycles. The highest BCUT2D eigenvalue weighted by molar-refractivity contribution is 9.10. The number of imide groups is 1. The van der Waals surface area contributed by atoms with Gasteiger partial charge in [0.05, 0.1) is 0 Å². The van der Waals surface area contributed by atoms with Gasteiger partial charge in [-0.3, -0.25) is 14.5 Å². The minimum Gasteiger partial charge on any atom is -0.350 e. The van der Waals surface area contributed by atoms with Gasteiger partial charge in [0.1, 0.15) is 12.1 Å². The molecule has 1 atom stereocenters. The lowest BCUT2D eigenvalue weighted by atomic mass is 9.92. The molecule has 2 aromatic carbocycles. The van der Waals surface area contributed by atoms with Crippen LogP contribution in [0.5, 0.6) is 0 Å². The molecule has 1 unspecified atom stereocenters. The number of nitrogens with one attached hydrogen (secondary N) is 2. The molecule has 0 aliphatic carbocycles. The maximum atomic E-state index is 12.9. The second-order valence-electron chi connectivity index (χ2n) is 6.33. The van der Waals surface area contributed by atoms with Crippen molar-refractivity contribution < 1.29 is 14.4 Å². The number of benzene rings is 2. The summed E-state index contributed by atoms with van der Waals surface area (Å²) in [6, 6.07) is 13.6. The molecule has 3 rings (SSSR count). The van der Waals surface area contributed by atoms with E-state index >= 15 is 0 Å². The summed E-state index contributed by atoms with van der Waals surface area (Å²) in [5.41, 5.74) is 0.267. The highest BCUT2D eigenvalue weighted by Crippen LogP contribution is 2.33. The second kappa shape index (κ2) is 7.70. The van der Waals surface area contributed by atoms with Crippen LogP contribution in [0.1, 0.15) is 18.1 Å².